The van der Waals surface area contributed by atoms with Gasteiger partial charge in [0.2, 0.25) is 11.8 Å². The van der Waals surface area contributed by atoms with Crippen molar-refractivity contribution in [3.05, 3.63) is 86.9 Å². The van der Waals surface area contributed by atoms with Gasteiger partial charge in [-0.2, -0.15) is 0 Å². The molecule has 2 aromatic carbocycles. The number of ether oxygens (including phenoxy) is 1. The highest BCUT2D eigenvalue weighted by Crippen LogP contribution is 2.55. The van der Waals surface area contributed by atoms with E-state index in [0.29, 0.717) is 22.5 Å². The third-order valence-corrected chi connectivity index (χ3v) is 8.96. The first kappa shape index (κ1) is 27.8. The molecule has 6 rings (SSSR count). The Balaban J connectivity index is 1.42. The van der Waals surface area contributed by atoms with Crippen LogP contribution in [-0.2, 0) is 19.2 Å². The molecule has 0 saturated carbocycles. The summed E-state index contributed by atoms with van der Waals surface area (Å²) in [5, 5.41) is 28.6. The molecule has 0 spiro atoms. The highest BCUT2D eigenvalue weighted by Gasteiger charge is 2.56. The van der Waals surface area contributed by atoms with Crippen LogP contribution in [0.2, 0.25) is 0 Å². The lowest BCUT2D eigenvalue weighted by Gasteiger charge is -2.42. The molecule has 4 aliphatic rings. The number of aromatic carboxylic acids is 1. The maximum atomic E-state index is 13.9. The lowest BCUT2D eigenvalue weighted by atomic mass is 9.59. The van der Waals surface area contributed by atoms with Crippen LogP contribution in [0.25, 0.3) is 0 Å². The smallest absolute Gasteiger partial charge is 0.339 e. The number of nitrogens with zero attached hydrogens (tertiary/aromatic N) is 1. The molecule has 2 aromatic rings. The zero-order valence-corrected chi connectivity index (χ0v) is 23.5. The topological polar surface area (TPSA) is 159 Å². The number of hydrogen-bond donors (Lipinski definition) is 3. The van der Waals surface area contributed by atoms with Crippen molar-refractivity contribution in [2.45, 2.75) is 18.8 Å². The van der Waals surface area contributed by atoms with Gasteiger partial charge in [-0.25, -0.2) is 9.69 Å². The number of ketones is 2. The molecule has 10 nitrogen and oxygen atoms in total. The van der Waals surface area contributed by atoms with E-state index in [1.807, 2.05) is 6.08 Å². The second-order valence-corrected chi connectivity index (χ2v) is 11.4. The quantitative estimate of drug-likeness (QED) is 0.246. The van der Waals surface area contributed by atoms with Gasteiger partial charge in [-0.05, 0) is 64.5 Å². The fourth-order valence-corrected chi connectivity index (χ4v) is 7.05. The Hall–Kier alpha value is -4.35. The van der Waals surface area contributed by atoms with Crippen LogP contribution in [0.1, 0.15) is 34.7 Å². The predicted molar refractivity (Wildman–Crippen MR) is 151 cm³/mol. The van der Waals surface area contributed by atoms with Crippen LogP contribution in [0.5, 0.6) is 11.5 Å². The largest absolute Gasteiger partial charge is 0.507 e. The van der Waals surface area contributed by atoms with Crippen molar-refractivity contribution in [2.75, 3.05) is 18.1 Å². The molecule has 11 heteroatoms. The van der Waals surface area contributed by atoms with E-state index in [-0.39, 0.29) is 53.4 Å². The number of anilines is 1. The summed E-state index contributed by atoms with van der Waals surface area (Å²) >= 11 is 3.20. The fraction of sp³-hybridized carbons (Fsp3) is 0.258. The number of halogens is 1. The van der Waals surface area contributed by atoms with Crippen molar-refractivity contribution < 1.29 is 44.0 Å². The van der Waals surface area contributed by atoms with Crippen LogP contribution in [0, 0.1) is 17.8 Å². The minimum absolute atomic E-state index is 0.0591. The van der Waals surface area contributed by atoms with Gasteiger partial charge in [-0.15, -0.1) is 0 Å². The third-order valence-electron chi connectivity index (χ3n) is 8.37. The lowest BCUT2D eigenvalue weighted by Crippen LogP contribution is -2.39. The summed E-state index contributed by atoms with van der Waals surface area (Å²) in [7, 11) is 0. The summed E-state index contributed by atoms with van der Waals surface area (Å²) in [5.41, 5.74) is 1.83. The molecule has 3 aliphatic carbocycles. The van der Waals surface area contributed by atoms with Crippen LogP contribution in [0.15, 0.2) is 75.8 Å². The number of aromatic hydroxyl groups is 1. The van der Waals surface area contributed by atoms with Gasteiger partial charge < -0.3 is 20.1 Å². The van der Waals surface area contributed by atoms with Gasteiger partial charge in [0.15, 0.2) is 11.6 Å². The van der Waals surface area contributed by atoms with Crippen molar-refractivity contribution in [3.63, 3.8) is 0 Å². The second-order valence-electron chi connectivity index (χ2n) is 10.6. The number of amides is 2. The molecule has 3 N–H and O–H groups in total. The van der Waals surface area contributed by atoms with Gasteiger partial charge in [-0.3, -0.25) is 19.2 Å². The molecule has 0 bridgehead atoms. The van der Waals surface area contributed by atoms with Crippen LogP contribution in [-0.4, -0.2) is 57.9 Å². The molecular formula is C31H24BrNO9. The van der Waals surface area contributed by atoms with Crippen molar-refractivity contribution in [1.29, 1.82) is 0 Å². The first-order valence-corrected chi connectivity index (χ1v) is 14.1. The van der Waals surface area contributed by atoms with Crippen LogP contribution in [0.4, 0.5) is 5.69 Å². The molecule has 214 valence electrons. The Morgan fingerprint density at radius 1 is 1.02 bits per heavy atom. The number of Topliss-reactive ketones (excluding diaryl/α,β-unsaturated/α-hetero) is 1. The number of benzene rings is 2. The number of carbonyl (C=O) groups excluding carboxylic acids is 4. The molecule has 1 saturated heterocycles. The second kappa shape index (κ2) is 10.5. The number of hydrogen-bond acceptors (Lipinski definition) is 8. The molecule has 0 aromatic heterocycles. The van der Waals surface area contributed by atoms with Crippen molar-refractivity contribution in [3.8, 4) is 11.5 Å². The van der Waals surface area contributed by atoms with E-state index in [1.54, 1.807) is 24.3 Å². The number of allylic oxidation sites excluding steroid dienone is 6. The van der Waals surface area contributed by atoms with Gasteiger partial charge in [0.1, 0.15) is 23.7 Å². The number of aliphatic hydroxyl groups is 1. The van der Waals surface area contributed by atoms with Crippen LogP contribution >= 0.6 is 15.9 Å². The number of rotatable bonds is 6. The van der Waals surface area contributed by atoms with Crippen LogP contribution < -0.4 is 9.64 Å². The summed E-state index contributed by atoms with van der Waals surface area (Å²) in [6, 6.07) is 10.5. The average molecular weight is 634 g/mol. The number of carbonyl (C=O) groups is 5. The zero-order chi connectivity index (χ0) is 29.9. The molecule has 0 radical (unpaired) electrons. The van der Waals surface area contributed by atoms with E-state index in [2.05, 4.69) is 15.9 Å². The minimum Gasteiger partial charge on any atom is -0.507 e. The molecule has 1 heterocycles. The first-order valence-electron chi connectivity index (χ1n) is 13.3. The molecule has 2 amide bonds. The highest BCUT2D eigenvalue weighted by molar-refractivity contribution is 9.12. The molecule has 1 aliphatic heterocycles. The number of carboxylic acid groups (broad SMARTS) is 1. The molecule has 42 heavy (non-hydrogen) atoms. The van der Waals surface area contributed by atoms with Crippen molar-refractivity contribution in [1.82, 2.24) is 0 Å². The summed E-state index contributed by atoms with van der Waals surface area (Å²) in [4.78, 5) is 66.6. The molecule has 4 atom stereocenters. The van der Waals surface area contributed by atoms with E-state index < -0.39 is 47.2 Å². The number of carboxylic acids is 1. The van der Waals surface area contributed by atoms with Gasteiger partial charge in [-0.1, -0.05) is 23.8 Å². The number of imide groups is 1. The maximum absolute atomic E-state index is 13.9. The zero-order valence-electron chi connectivity index (χ0n) is 22.0. The maximum Gasteiger partial charge on any atom is 0.339 e. The lowest BCUT2D eigenvalue weighted by molar-refractivity contribution is -0.123. The van der Waals surface area contributed by atoms with Gasteiger partial charge in [0, 0.05) is 29.2 Å². The van der Waals surface area contributed by atoms with Gasteiger partial charge >= 0.3 is 5.97 Å². The van der Waals surface area contributed by atoms with E-state index >= 15 is 0 Å². The third kappa shape index (κ3) is 4.31. The number of phenols is 1. The SMILES string of the molecule is O=C1C=C(Br)C(=O)C2=C1[C@@H](c1ccc(OCCO)cc1)C1=CC[C@@H]3C(=O)N(c4ccc(C(=O)O)c(O)c4)C(=O)[C@@H]3[C@@H]1C2. The van der Waals surface area contributed by atoms with Gasteiger partial charge in [0.05, 0.1) is 28.6 Å². The Morgan fingerprint density at radius 3 is 2.43 bits per heavy atom. The number of aliphatic hydroxyl groups excluding tert-OH is 1. The van der Waals surface area contributed by atoms with Crippen LogP contribution in [0.3, 0.4) is 0 Å². The monoisotopic (exact) mass is 633 g/mol. The highest BCUT2D eigenvalue weighted by atomic mass is 79.9. The summed E-state index contributed by atoms with van der Waals surface area (Å²) in [6.07, 6.45) is 3.48. The number of fused-ring (bicyclic) bond motifs is 3. The van der Waals surface area contributed by atoms with E-state index in [9.17, 15) is 34.2 Å². The summed E-state index contributed by atoms with van der Waals surface area (Å²) in [6.45, 7) is -0.0354. The van der Waals surface area contributed by atoms with Crippen molar-refractivity contribution >= 4 is 51.0 Å². The predicted octanol–water partition coefficient (Wildman–Crippen LogP) is 3.43. The molecule has 1 fully saturated rings. The summed E-state index contributed by atoms with van der Waals surface area (Å²) < 4.78 is 5.60. The first-order chi connectivity index (χ1) is 20.1. The normalized spacial score (nSPS) is 25.0. The Kier molecular flexibility index (Phi) is 6.94. The summed E-state index contributed by atoms with van der Waals surface area (Å²) in [5.74, 6) is -5.78. The van der Waals surface area contributed by atoms with Gasteiger partial charge in [0.25, 0.3) is 0 Å². The fourth-order valence-electron chi connectivity index (χ4n) is 6.60. The van der Waals surface area contributed by atoms with E-state index in [1.165, 1.54) is 12.1 Å². The Labute approximate surface area is 247 Å². The minimum atomic E-state index is -1.35. The van der Waals surface area contributed by atoms with E-state index in [0.717, 1.165) is 22.6 Å². The van der Waals surface area contributed by atoms with Crippen molar-refractivity contribution in [2.24, 2.45) is 17.8 Å². The Bertz CT molecular complexity index is 1670. The molecule has 0 unspecified atom stereocenters. The average Bonchev–Trinajstić information content (AvgIpc) is 3.23. The van der Waals surface area contributed by atoms with E-state index in [4.69, 9.17) is 9.84 Å². The molecular weight excluding hydrogens is 610 g/mol. The Morgan fingerprint density at radius 2 is 1.76 bits per heavy atom. The standard InChI is InChI=1S/C31H24BrNO9/c32-22-13-24(36)27-21(28(22)37)12-20-17(25(27)14-1-4-16(5-2-14)42-10-9-34)7-8-19-26(20)30(39)33(29(19)38)15-3-6-18(31(40)41)23(35)11-15/h1-7,11,13,19-20,25-26,34-35H,8-10,12H2,(H,40,41)/t19-,20+,25-,26-/m0/s1.